The molecule has 0 aliphatic carbocycles. The molecule has 0 aliphatic rings. The van der Waals surface area contributed by atoms with E-state index in [1.54, 1.807) is 12.4 Å². The summed E-state index contributed by atoms with van der Waals surface area (Å²) in [5, 5.41) is 3.44. The first-order valence-electron chi connectivity index (χ1n) is 7.22. The molecule has 0 saturated carbocycles. The summed E-state index contributed by atoms with van der Waals surface area (Å²) in [5.41, 5.74) is 9.50. The molecular formula is C18H18N4. The average Bonchev–Trinajstić information content (AvgIpc) is 2.57. The van der Waals surface area contributed by atoms with Gasteiger partial charge in [-0.15, -0.1) is 0 Å². The van der Waals surface area contributed by atoms with E-state index >= 15 is 0 Å². The van der Waals surface area contributed by atoms with Crippen molar-refractivity contribution in [3.8, 4) is 11.3 Å². The summed E-state index contributed by atoms with van der Waals surface area (Å²) >= 11 is 0. The molecule has 1 atom stereocenters. The quantitative estimate of drug-likeness (QED) is 0.715. The number of anilines is 2. The molecule has 0 radical (unpaired) electrons. The van der Waals surface area contributed by atoms with E-state index < -0.39 is 0 Å². The summed E-state index contributed by atoms with van der Waals surface area (Å²) in [5.74, 6) is 0.767. The smallest absolute Gasteiger partial charge is 0.153 e. The Bertz CT molecular complexity index is 739. The second-order valence-corrected chi connectivity index (χ2v) is 5.15. The zero-order chi connectivity index (χ0) is 15.4. The number of aromatic nitrogens is 2. The van der Waals surface area contributed by atoms with Crippen molar-refractivity contribution in [2.45, 2.75) is 13.0 Å². The zero-order valence-electron chi connectivity index (χ0n) is 12.4. The Kier molecular flexibility index (Phi) is 4.01. The van der Waals surface area contributed by atoms with Crippen LogP contribution < -0.4 is 11.1 Å². The Balaban J connectivity index is 1.90. The third-order valence-corrected chi connectivity index (χ3v) is 3.54. The number of nitrogens with one attached hydrogen (secondary N) is 1. The van der Waals surface area contributed by atoms with Crippen LogP contribution in [0.5, 0.6) is 0 Å². The minimum atomic E-state index is 0.144. The molecule has 3 aromatic rings. The van der Waals surface area contributed by atoms with Crippen LogP contribution in [0, 0.1) is 0 Å². The molecule has 3 N–H and O–H groups in total. The highest BCUT2D eigenvalue weighted by molar-refractivity contribution is 5.72. The number of nitrogens with zero attached hydrogens (tertiary/aromatic N) is 2. The van der Waals surface area contributed by atoms with Gasteiger partial charge >= 0.3 is 0 Å². The molecule has 2 aromatic carbocycles. The van der Waals surface area contributed by atoms with E-state index in [1.165, 1.54) is 5.56 Å². The Morgan fingerprint density at radius 2 is 1.59 bits per heavy atom. The van der Waals surface area contributed by atoms with Crippen LogP contribution in [0.4, 0.5) is 11.5 Å². The standard InChI is InChI=1S/C18H18N4/c1-13(14-5-3-2-4-6-14)22-18-17(20-11-12-21-18)15-7-9-16(19)10-8-15/h2-13H,19H2,1H3,(H,21,22). The number of nitrogens with two attached hydrogens (primary N) is 1. The summed E-state index contributed by atoms with van der Waals surface area (Å²) in [6.45, 7) is 2.11. The predicted octanol–water partition coefficient (Wildman–Crippen LogP) is 3.90. The summed E-state index contributed by atoms with van der Waals surface area (Å²) < 4.78 is 0. The number of hydrogen-bond acceptors (Lipinski definition) is 4. The Labute approximate surface area is 130 Å². The molecule has 1 aromatic heterocycles. The van der Waals surface area contributed by atoms with Crippen LogP contribution in [0.25, 0.3) is 11.3 Å². The highest BCUT2D eigenvalue weighted by Gasteiger charge is 2.11. The molecule has 4 nitrogen and oxygen atoms in total. The lowest BCUT2D eigenvalue weighted by atomic mass is 10.1. The normalized spacial score (nSPS) is 11.9. The van der Waals surface area contributed by atoms with Gasteiger partial charge in [-0.1, -0.05) is 42.5 Å². The van der Waals surface area contributed by atoms with Gasteiger partial charge in [-0.3, -0.25) is 4.98 Å². The van der Waals surface area contributed by atoms with Gasteiger partial charge in [-0.25, -0.2) is 4.98 Å². The van der Waals surface area contributed by atoms with Gasteiger partial charge in [0, 0.05) is 23.6 Å². The maximum Gasteiger partial charge on any atom is 0.153 e. The molecular weight excluding hydrogens is 272 g/mol. The first-order chi connectivity index (χ1) is 10.7. The van der Waals surface area contributed by atoms with Gasteiger partial charge in [0.1, 0.15) is 5.69 Å². The maximum absolute atomic E-state index is 5.75. The van der Waals surface area contributed by atoms with Gasteiger partial charge in [0.2, 0.25) is 0 Å². The monoisotopic (exact) mass is 290 g/mol. The van der Waals surface area contributed by atoms with E-state index in [0.717, 1.165) is 22.8 Å². The van der Waals surface area contributed by atoms with Gasteiger partial charge in [-0.2, -0.15) is 0 Å². The zero-order valence-corrected chi connectivity index (χ0v) is 12.4. The van der Waals surface area contributed by atoms with Crippen LogP contribution in [0.15, 0.2) is 67.0 Å². The first kappa shape index (κ1) is 14.1. The molecule has 110 valence electrons. The molecule has 1 unspecified atom stereocenters. The molecule has 4 heteroatoms. The molecule has 0 saturated heterocycles. The van der Waals surface area contributed by atoms with Gasteiger partial charge in [0.15, 0.2) is 5.82 Å². The largest absolute Gasteiger partial charge is 0.399 e. The number of nitrogen functional groups attached to an aromatic ring is 1. The second kappa shape index (κ2) is 6.26. The van der Waals surface area contributed by atoms with Crippen molar-refractivity contribution in [1.29, 1.82) is 0 Å². The fourth-order valence-electron chi connectivity index (χ4n) is 2.33. The van der Waals surface area contributed by atoms with Crippen LogP contribution in [-0.4, -0.2) is 9.97 Å². The van der Waals surface area contributed by atoms with Crippen molar-refractivity contribution in [2.24, 2.45) is 0 Å². The summed E-state index contributed by atoms with van der Waals surface area (Å²) in [6.07, 6.45) is 3.39. The summed E-state index contributed by atoms with van der Waals surface area (Å²) in [4.78, 5) is 8.90. The molecule has 22 heavy (non-hydrogen) atoms. The van der Waals surface area contributed by atoms with E-state index in [4.69, 9.17) is 5.73 Å². The van der Waals surface area contributed by atoms with Crippen molar-refractivity contribution < 1.29 is 0 Å². The third kappa shape index (κ3) is 3.06. The van der Waals surface area contributed by atoms with Crippen molar-refractivity contribution in [3.63, 3.8) is 0 Å². The Hall–Kier alpha value is -2.88. The number of hydrogen-bond donors (Lipinski definition) is 2. The minimum Gasteiger partial charge on any atom is -0.399 e. The van der Waals surface area contributed by atoms with Crippen molar-refractivity contribution >= 4 is 11.5 Å². The minimum absolute atomic E-state index is 0.144. The van der Waals surface area contributed by atoms with Gasteiger partial charge in [-0.05, 0) is 24.6 Å². The van der Waals surface area contributed by atoms with E-state index in [9.17, 15) is 0 Å². The lowest BCUT2D eigenvalue weighted by molar-refractivity contribution is 0.872. The topological polar surface area (TPSA) is 63.8 Å². The van der Waals surface area contributed by atoms with E-state index in [0.29, 0.717) is 0 Å². The highest BCUT2D eigenvalue weighted by atomic mass is 15.0. The summed E-state index contributed by atoms with van der Waals surface area (Å²) in [7, 11) is 0. The molecule has 0 amide bonds. The average molecular weight is 290 g/mol. The number of rotatable bonds is 4. The molecule has 0 aliphatic heterocycles. The van der Waals surface area contributed by atoms with Crippen molar-refractivity contribution in [1.82, 2.24) is 9.97 Å². The van der Waals surface area contributed by atoms with E-state index in [1.807, 2.05) is 42.5 Å². The third-order valence-electron chi connectivity index (χ3n) is 3.54. The fraction of sp³-hybridized carbons (Fsp3) is 0.111. The van der Waals surface area contributed by atoms with Crippen LogP contribution in [0.3, 0.4) is 0 Å². The van der Waals surface area contributed by atoms with Crippen LogP contribution >= 0.6 is 0 Å². The Morgan fingerprint density at radius 1 is 0.909 bits per heavy atom. The molecule has 0 fully saturated rings. The Morgan fingerprint density at radius 3 is 2.32 bits per heavy atom. The molecule has 3 rings (SSSR count). The van der Waals surface area contributed by atoms with Crippen LogP contribution in [0.1, 0.15) is 18.5 Å². The van der Waals surface area contributed by atoms with E-state index in [-0.39, 0.29) is 6.04 Å². The second-order valence-electron chi connectivity index (χ2n) is 5.15. The highest BCUT2D eigenvalue weighted by Crippen LogP contribution is 2.27. The SMILES string of the molecule is CC(Nc1nccnc1-c1ccc(N)cc1)c1ccccc1. The first-order valence-corrected chi connectivity index (χ1v) is 7.22. The van der Waals surface area contributed by atoms with Crippen molar-refractivity contribution in [3.05, 3.63) is 72.6 Å². The molecule has 1 heterocycles. The predicted molar refractivity (Wildman–Crippen MR) is 90.4 cm³/mol. The van der Waals surface area contributed by atoms with E-state index in [2.05, 4.69) is 34.3 Å². The summed E-state index contributed by atoms with van der Waals surface area (Å²) in [6, 6.07) is 18.1. The van der Waals surface area contributed by atoms with Crippen LogP contribution in [-0.2, 0) is 0 Å². The maximum atomic E-state index is 5.75. The lowest BCUT2D eigenvalue weighted by Crippen LogP contribution is -2.09. The van der Waals surface area contributed by atoms with Gasteiger partial charge in [0.05, 0.1) is 6.04 Å². The lowest BCUT2D eigenvalue weighted by Gasteiger charge is -2.17. The van der Waals surface area contributed by atoms with Gasteiger partial charge < -0.3 is 11.1 Å². The molecule has 0 spiro atoms. The van der Waals surface area contributed by atoms with Gasteiger partial charge in [0.25, 0.3) is 0 Å². The van der Waals surface area contributed by atoms with Crippen molar-refractivity contribution in [2.75, 3.05) is 11.1 Å². The molecule has 0 bridgehead atoms. The fourth-order valence-corrected chi connectivity index (χ4v) is 2.33. The van der Waals surface area contributed by atoms with Crippen LogP contribution in [0.2, 0.25) is 0 Å². The number of benzene rings is 2.